The van der Waals surface area contributed by atoms with Crippen molar-refractivity contribution in [2.75, 3.05) is 5.32 Å². The Kier molecular flexibility index (Phi) is 3.49. The van der Waals surface area contributed by atoms with Crippen LogP contribution in [0.25, 0.3) is 22.0 Å². The lowest BCUT2D eigenvalue weighted by molar-refractivity contribution is -0.117. The average molecular weight is 318 g/mol. The minimum absolute atomic E-state index is 0.0601. The molecule has 5 heteroatoms. The molecule has 0 aromatic carbocycles. The fraction of sp³-hybridized carbons (Fsp3) is 0.263. The van der Waals surface area contributed by atoms with E-state index >= 15 is 0 Å². The zero-order chi connectivity index (χ0) is 16.7. The molecule has 3 aromatic rings. The topological polar surface area (TPSA) is 67.8 Å². The van der Waals surface area contributed by atoms with Crippen LogP contribution in [0.3, 0.4) is 0 Å². The summed E-state index contributed by atoms with van der Waals surface area (Å²) >= 11 is 0. The molecule has 4 rings (SSSR count). The van der Waals surface area contributed by atoms with E-state index in [0.29, 0.717) is 11.7 Å². The predicted octanol–water partition coefficient (Wildman–Crippen LogP) is 3.59. The van der Waals surface area contributed by atoms with Crippen LogP contribution in [0.5, 0.6) is 0 Å². The third-order valence-electron chi connectivity index (χ3n) is 4.62. The third-order valence-corrected chi connectivity index (χ3v) is 4.62. The lowest BCUT2D eigenvalue weighted by Crippen LogP contribution is -2.15. The van der Waals surface area contributed by atoms with Crippen molar-refractivity contribution in [3.05, 3.63) is 48.5 Å². The van der Waals surface area contributed by atoms with Gasteiger partial charge in [-0.2, -0.15) is 0 Å². The van der Waals surface area contributed by atoms with Gasteiger partial charge in [0, 0.05) is 47.0 Å². The number of nitrogens with one attached hydrogen (secondary N) is 1. The van der Waals surface area contributed by atoms with Gasteiger partial charge < -0.3 is 5.32 Å². The second-order valence-corrected chi connectivity index (χ2v) is 6.49. The first-order valence-corrected chi connectivity index (χ1v) is 8.09. The molecule has 0 aliphatic heterocycles. The molecule has 3 heterocycles. The van der Waals surface area contributed by atoms with Gasteiger partial charge in [-0.15, -0.1) is 0 Å². The fourth-order valence-corrected chi connectivity index (χ4v) is 2.89. The van der Waals surface area contributed by atoms with E-state index in [-0.39, 0.29) is 11.8 Å². The highest BCUT2D eigenvalue weighted by molar-refractivity contribution is 5.95. The predicted molar refractivity (Wildman–Crippen MR) is 93.4 cm³/mol. The monoisotopic (exact) mass is 318 g/mol. The van der Waals surface area contributed by atoms with Gasteiger partial charge in [-0.05, 0) is 43.0 Å². The summed E-state index contributed by atoms with van der Waals surface area (Å²) < 4.78 is 0. The van der Waals surface area contributed by atoms with Crippen molar-refractivity contribution in [2.24, 2.45) is 11.8 Å². The van der Waals surface area contributed by atoms with E-state index in [4.69, 9.17) is 0 Å². The van der Waals surface area contributed by atoms with Crippen LogP contribution >= 0.6 is 0 Å². The second kappa shape index (κ2) is 5.67. The maximum absolute atomic E-state index is 12.0. The molecule has 120 valence electrons. The van der Waals surface area contributed by atoms with Crippen molar-refractivity contribution in [3.63, 3.8) is 0 Å². The standard InChI is InChI=1S/C19H18N4O/c1-11-3-4-20-10-16(11)17-6-13-9-22-18(7-14(13)8-21-17)23-19(24)15-5-12(15)2/h3-4,6-10,12,15H,5H2,1-2H3,(H,22,23,24). The van der Waals surface area contributed by atoms with Crippen molar-refractivity contribution in [3.8, 4) is 11.3 Å². The molecule has 0 radical (unpaired) electrons. The van der Waals surface area contributed by atoms with Crippen LogP contribution in [0.15, 0.2) is 43.0 Å². The van der Waals surface area contributed by atoms with E-state index in [1.165, 1.54) is 0 Å². The molecule has 1 N–H and O–H groups in total. The first kappa shape index (κ1) is 14.8. The van der Waals surface area contributed by atoms with Gasteiger partial charge in [0.15, 0.2) is 0 Å². The number of nitrogens with zero attached hydrogens (tertiary/aromatic N) is 3. The molecule has 1 aliphatic rings. The van der Waals surface area contributed by atoms with Crippen molar-refractivity contribution >= 4 is 22.5 Å². The van der Waals surface area contributed by atoms with Crippen LogP contribution < -0.4 is 5.32 Å². The summed E-state index contributed by atoms with van der Waals surface area (Å²) in [6.07, 6.45) is 8.15. The normalized spacial score (nSPS) is 19.2. The molecule has 3 aromatic heterocycles. The lowest BCUT2D eigenvalue weighted by Gasteiger charge is -2.08. The summed E-state index contributed by atoms with van der Waals surface area (Å²) in [6.45, 7) is 4.13. The van der Waals surface area contributed by atoms with E-state index < -0.39 is 0 Å². The summed E-state index contributed by atoms with van der Waals surface area (Å²) in [5.74, 6) is 1.26. The molecule has 2 unspecified atom stereocenters. The van der Waals surface area contributed by atoms with Gasteiger partial charge in [0.05, 0.1) is 5.69 Å². The highest BCUT2D eigenvalue weighted by atomic mass is 16.2. The molecule has 1 saturated carbocycles. The summed E-state index contributed by atoms with van der Waals surface area (Å²) in [5.41, 5.74) is 3.02. The van der Waals surface area contributed by atoms with E-state index in [1.807, 2.05) is 37.5 Å². The molecule has 1 amide bonds. The average Bonchev–Trinajstić information content (AvgIpc) is 3.32. The van der Waals surface area contributed by atoms with Crippen molar-refractivity contribution < 1.29 is 4.79 Å². The highest BCUT2D eigenvalue weighted by Crippen LogP contribution is 2.38. The van der Waals surface area contributed by atoms with Crippen molar-refractivity contribution in [1.82, 2.24) is 15.0 Å². The van der Waals surface area contributed by atoms with Crippen molar-refractivity contribution in [2.45, 2.75) is 20.3 Å². The first-order valence-electron chi connectivity index (χ1n) is 8.09. The quantitative estimate of drug-likeness (QED) is 0.801. The van der Waals surface area contributed by atoms with Gasteiger partial charge in [-0.1, -0.05) is 6.92 Å². The molecule has 24 heavy (non-hydrogen) atoms. The Balaban J connectivity index is 1.63. The number of amides is 1. The number of hydrogen-bond donors (Lipinski definition) is 1. The number of anilines is 1. The van der Waals surface area contributed by atoms with E-state index in [0.717, 1.165) is 34.0 Å². The molecule has 1 fully saturated rings. The second-order valence-electron chi connectivity index (χ2n) is 6.49. The van der Waals surface area contributed by atoms with E-state index in [2.05, 4.69) is 27.2 Å². The van der Waals surface area contributed by atoms with Gasteiger partial charge in [0.2, 0.25) is 5.91 Å². The zero-order valence-corrected chi connectivity index (χ0v) is 13.7. The zero-order valence-electron chi connectivity index (χ0n) is 13.7. The van der Waals surface area contributed by atoms with Gasteiger partial charge in [-0.25, -0.2) is 4.98 Å². The van der Waals surface area contributed by atoms with Crippen LogP contribution in [0.2, 0.25) is 0 Å². The van der Waals surface area contributed by atoms with Gasteiger partial charge in [-0.3, -0.25) is 14.8 Å². The summed E-state index contributed by atoms with van der Waals surface area (Å²) in [4.78, 5) is 25.1. The molecular formula is C19H18N4O. The fourth-order valence-electron chi connectivity index (χ4n) is 2.89. The molecule has 1 aliphatic carbocycles. The van der Waals surface area contributed by atoms with E-state index in [1.54, 1.807) is 12.4 Å². The van der Waals surface area contributed by atoms with Gasteiger partial charge in [0.25, 0.3) is 0 Å². The molecule has 0 saturated heterocycles. The summed E-state index contributed by atoms with van der Waals surface area (Å²) in [6, 6.07) is 5.84. The number of fused-ring (bicyclic) bond motifs is 1. The Morgan fingerprint density at radius 1 is 1.17 bits per heavy atom. The molecule has 5 nitrogen and oxygen atoms in total. The van der Waals surface area contributed by atoms with Gasteiger partial charge >= 0.3 is 0 Å². The van der Waals surface area contributed by atoms with Crippen LogP contribution in [-0.2, 0) is 4.79 Å². The lowest BCUT2D eigenvalue weighted by atomic mass is 10.1. The van der Waals surface area contributed by atoms with Crippen molar-refractivity contribution in [1.29, 1.82) is 0 Å². The Morgan fingerprint density at radius 3 is 2.67 bits per heavy atom. The molecule has 0 spiro atoms. The first-order chi connectivity index (χ1) is 11.6. The third kappa shape index (κ3) is 2.73. The number of aryl methyl sites for hydroxylation is 1. The Morgan fingerprint density at radius 2 is 1.92 bits per heavy atom. The Hall–Kier alpha value is -2.82. The smallest absolute Gasteiger partial charge is 0.228 e. The molecule has 0 bridgehead atoms. The largest absolute Gasteiger partial charge is 0.310 e. The molecule has 2 atom stereocenters. The Bertz CT molecular complexity index is 938. The number of pyridine rings is 3. The number of carbonyl (C=O) groups is 1. The minimum Gasteiger partial charge on any atom is -0.310 e. The maximum Gasteiger partial charge on any atom is 0.228 e. The molecular weight excluding hydrogens is 300 g/mol. The van der Waals surface area contributed by atoms with Crippen LogP contribution in [0.1, 0.15) is 18.9 Å². The summed E-state index contributed by atoms with van der Waals surface area (Å²) in [7, 11) is 0. The SMILES string of the molecule is Cc1ccncc1-c1cc2cnc(NC(=O)C3CC3C)cc2cn1. The summed E-state index contributed by atoms with van der Waals surface area (Å²) in [5, 5.41) is 4.83. The Labute approximate surface area is 140 Å². The van der Waals surface area contributed by atoms with Crippen LogP contribution in [-0.4, -0.2) is 20.9 Å². The number of aromatic nitrogens is 3. The number of rotatable bonds is 3. The van der Waals surface area contributed by atoms with E-state index in [9.17, 15) is 4.79 Å². The minimum atomic E-state index is 0.0601. The number of hydrogen-bond acceptors (Lipinski definition) is 4. The highest BCUT2D eigenvalue weighted by Gasteiger charge is 2.39. The maximum atomic E-state index is 12.0. The van der Waals surface area contributed by atoms with Crippen LogP contribution in [0.4, 0.5) is 5.82 Å². The van der Waals surface area contributed by atoms with Crippen LogP contribution in [0, 0.1) is 18.8 Å². The van der Waals surface area contributed by atoms with Gasteiger partial charge in [0.1, 0.15) is 5.82 Å². The number of carbonyl (C=O) groups excluding carboxylic acids is 1.